The highest BCUT2D eigenvalue weighted by molar-refractivity contribution is 9.10. The molecule has 0 aliphatic carbocycles. The van der Waals surface area contributed by atoms with Crippen molar-refractivity contribution >= 4 is 27.5 Å². The lowest BCUT2D eigenvalue weighted by Crippen LogP contribution is -2.05. The van der Waals surface area contributed by atoms with Gasteiger partial charge in [-0.1, -0.05) is 0 Å². The van der Waals surface area contributed by atoms with Crippen LogP contribution in [0, 0.1) is 0 Å². The van der Waals surface area contributed by atoms with E-state index in [9.17, 15) is 4.79 Å². The third kappa shape index (κ3) is 2.10. The number of carbonyl (C=O) groups is 1. The maximum Gasteiger partial charge on any atom is 0.359 e. The van der Waals surface area contributed by atoms with Crippen molar-refractivity contribution in [3.05, 3.63) is 22.7 Å². The van der Waals surface area contributed by atoms with Crippen molar-refractivity contribution in [1.29, 1.82) is 0 Å². The molecule has 0 aliphatic rings. The number of hydrogen-bond acceptors (Lipinski definition) is 5. The first-order chi connectivity index (χ1) is 8.17. The smallest absolute Gasteiger partial charge is 0.359 e. The van der Waals surface area contributed by atoms with E-state index in [1.54, 1.807) is 17.5 Å². The molecule has 0 aromatic carbocycles. The molecule has 0 aliphatic heterocycles. The molecule has 2 aromatic rings. The summed E-state index contributed by atoms with van der Waals surface area (Å²) in [6.07, 6.45) is 3.15. The SMILES string of the molecule is CCOC(=O)c1nc2cnc(OC)cn2c1Br. The van der Waals surface area contributed by atoms with E-state index in [0.717, 1.165) is 0 Å². The van der Waals surface area contributed by atoms with Crippen LogP contribution in [-0.2, 0) is 4.74 Å². The Balaban J connectivity index is 2.53. The van der Waals surface area contributed by atoms with Crippen molar-refractivity contribution in [2.24, 2.45) is 0 Å². The summed E-state index contributed by atoms with van der Waals surface area (Å²) in [4.78, 5) is 19.7. The number of esters is 1. The second kappa shape index (κ2) is 4.70. The van der Waals surface area contributed by atoms with Crippen LogP contribution in [0.1, 0.15) is 17.4 Å². The van der Waals surface area contributed by atoms with E-state index in [0.29, 0.717) is 22.7 Å². The van der Waals surface area contributed by atoms with Gasteiger partial charge in [0, 0.05) is 0 Å². The third-order valence-corrected chi connectivity index (χ3v) is 2.86. The van der Waals surface area contributed by atoms with Crippen LogP contribution in [0.15, 0.2) is 17.0 Å². The molecule has 17 heavy (non-hydrogen) atoms. The molecule has 0 amide bonds. The Morgan fingerprint density at radius 1 is 1.59 bits per heavy atom. The Kier molecular flexibility index (Phi) is 3.28. The zero-order valence-corrected chi connectivity index (χ0v) is 10.9. The molecule has 90 valence electrons. The minimum atomic E-state index is -0.470. The zero-order valence-electron chi connectivity index (χ0n) is 9.31. The topological polar surface area (TPSA) is 65.7 Å². The van der Waals surface area contributed by atoms with Gasteiger partial charge in [-0.25, -0.2) is 14.8 Å². The number of nitrogens with zero attached hydrogens (tertiary/aromatic N) is 3. The second-order valence-electron chi connectivity index (χ2n) is 3.13. The number of aromatic nitrogens is 3. The van der Waals surface area contributed by atoms with Gasteiger partial charge in [0.2, 0.25) is 5.88 Å². The van der Waals surface area contributed by atoms with E-state index in [2.05, 4.69) is 25.9 Å². The fourth-order valence-corrected chi connectivity index (χ4v) is 1.88. The molecule has 0 saturated carbocycles. The average Bonchev–Trinajstić information content (AvgIpc) is 2.67. The molecule has 2 heterocycles. The Bertz CT molecular complexity index is 567. The first-order valence-electron chi connectivity index (χ1n) is 4.92. The van der Waals surface area contributed by atoms with Gasteiger partial charge in [0.25, 0.3) is 0 Å². The number of halogens is 1. The van der Waals surface area contributed by atoms with E-state index in [1.807, 2.05) is 0 Å². The number of fused-ring (bicyclic) bond motifs is 1. The summed E-state index contributed by atoms with van der Waals surface area (Å²) in [7, 11) is 1.52. The van der Waals surface area contributed by atoms with Gasteiger partial charge in [-0.3, -0.25) is 4.40 Å². The first kappa shape index (κ1) is 11.8. The normalized spacial score (nSPS) is 10.5. The largest absolute Gasteiger partial charge is 0.480 e. The van der Waals surface area contributed by atoms with Gasteiger partial charge in [-0.15, -0.1) is 0 Å². The fraction of sp³-hybridized carbons (Fsp3) is 0.300. The van der Waals surface area contributed by atoms with Crippen molar-refractivity contribution in [3.8, 4) is 5.88 Å². The highest BCUT2D eigenvalue weighted by Crippen LogP contribution is 2.21. The summed E-state index contributed by atoms with van der Waals surface area (Å²) in [5.41, 5.74) is 0.766. The minimum Gasteiger partial charge on any atom is -0.480 e. The minimum absolute atomic E-state index is 0.224. The van der Waals surface area contributed by atoms with Gasteiger partial charge in [-0.05, 0) is 22.9 Å². The quantitative estimate of drug-likeness (QED) is 0.807. The highest BCUT2D eigenvalue weighted by atomic mass is 79.9. The van der Waals surface area contributed by atoms with Crippen LogP contribution in [0.25, 0.3) is 5.65 Å². The molecule has 0 saturated heterocycles. The molecule has 2 aromatic heterocycles. The summed E-state index contributed by atoms with van der Waals surface area (Å²) in [5.74, 6) is -0.0342. The van der Waals surface area contributed by atoms with Crippen molar-refractivity contribution < 1.29 is 14.3 Å². The molecule has 0 atom stereocenters. The lowest BCUT2D eigenvalue weighted by molar-refractivity contribution is 0.0519. The zero-order chi connectivity index (χ0) is 12.4. The molecule has 6 nitrogen and oxygen atoms in total. The number of ether oxygens (including phenoxy) is 2. The van der Waals surface area contributed by atoms with E-state index in [-0.39, 0.29) is 5.69 Å². The molecule has 0 unspecified atom stereocenters. The molecule has 0 bridgehead atoms. The average molecular weight is 300 g/mol. The monoisotopic (exact) mass is 299 g/mol. The predicted octanol–water partition coefficient (Wildman–Crippen LogP) is 1.68. The Morgan fingerprint density at radius 3 is 3.00 bits per heavy atom. The van der Waals surface area contributed by atoms with Gasteiger partial charge < -0.3 is 9.47 Å². The molecule has 0 fully saturated rings. The number of hydrogen-bond donors (Lipinski definition) is 0. The van der Waals surface area contributed by atoms with Crippen molar-refractivity contribution in [1.82, 2.24) is 14.4 Å². The predicted molar refractivity (Wildman–Crippen MR) is 63.2 cm³/mol. The molecule has 2 rings (SSSR count). The van der Waals surface area contributed by atoms with Crippen LogP contribution in [-0.4, -0.2) is 34.1 Å². The van der Waals surface area contributed by atoms with Crippen LogP contribution in [0.5, 0.6) is 5.88 Å². The summed E-state index contributed by atoms with van der Waals surface area (Å²) >= 11 is 3.30. The van der Waals surface area contributed by atoms with Gasteiger partial charge in [0.15, 0.2) is 11.3 Å². The van der Waals surface area contributed by atoms with Gasteiger partial charge >= 0.3 is 5.97 Å². The maximum absolute atomic E-state index is 11.6. The van der Waals surface area contributed by atoms with Gasteiger partial charge in [0.1, 0.15) is 4.60 Å². The second-order valence-corrected chi connectivity index (χ2v) is 3.88. The Hall–Kier alpha value is -1.63. The van der Waals surface area contributed by atoms with Gasteiger partial charge in [0.05, 0.1) is 26.1 Å². The van der Waals surface area contributed by atoms with Gasteiger partial charge in [-0.2, -0.15) is 0 Å². The lowest BCUT2D eigenvalue weighted by atomic mass is 10.5. The Morgan fingerprint density at radius 2 is 2.35 bits per heavy atom. The summed E-state index contributed by atoms with van der Waals surface area (Å²) in [6, 6.07) is 0. The summed E-state index contributed by atoms with van der Waals surface area (Å²) < 4.78 is 12.1. The van der Waals surface area contributed by atoms with Crippen molar-refractivity contribution in [2.45, 2.75) is 6.92 Å². The Labute approximate surface area is 106 Å². The van der Waals surface area contributed by atoms with Crippen molar-refractivity contribution in [3.63, 3.8) is 0 Å². The molecular formula is C10H10BrN3O3. The standard InChI is InChI=1S/C10H10BrN3O3/c1-3-17-10(15)8-9(11)14-5-7(16-2)12-4-6(14)13-8/h4-5H,3H2,1-2H3. The van der Waals surface area contributed by atoms with E-state index in [4.69, 9.17) is 9.47 Å². The van der Waals surface area contributed by atoms with E-state index >= 15 is 0 Å². The number of carbonyl (C=O) groups excluding carboxylic acids is 1. The number of rotatable bonds is 3. The first-order valence-corrected chi connectivity index (χ1v) is 5.71. The number of imidazole rings is 1. The van der Waals surface area contributed by atoms with E-state index in [1.165, 1.54) is 13.3 Å². The van der Waals surface area contributed by atoms with Crippen molar-refractivity contribution in [2.75, 3.05) is 13.7 Å². The van der Waals surface area contributed by atoms with E-state index < -0.39 is 5.97 Å². The maximum atomic E-state index is 11.6. The summed E-state index contributed by atoms with van der Waals surface area (Å²) in [6.45, 7) is 2.05. The van der Waals surface area contributed by atoms with Crippen LogP contribution >= 0.6 is 15.9 Å². The summed E-state index contributed by atoms with van der Waals surface area (Å²) in [5, 5.41) is 0. The number of methoxy groups -OCH3 is 1. The molecule has 0 N–H and O–H groups in total. The van der Waals surface area contributed by atoms with Crippen LogP contribution < -0.4 is 4.74 Å². The molecule has 7 heteroatoms. The van der Waals surface area contributed by atoms with Crippen LogP contribution in [0.4, 0.5) is 0 Å². The fourth-order valence-electron chi connectivity index (χ4n) is 1.34. The molecule has 0 spiro atoms. The van der Waals surface area contributed by atoms with Crippen LogP contribution in [0.3, 0.4) is 0 Å². The van der Waals surface area contributed by atoms with Crippen LogP contribution in [0.2, 0.25) is 0 Å². The third-order valence-electron chi connectivity index (χ3n) is 2.10. The molecular weight excluding hydrogens is 290 g/mol. The molecule has 0 radical (unpaired) electrons. The lowest BCUT2D eigenvalue weighted by Gasteiger charge is -1.99. The highest BCUT2D eigenvalue weighted by Gasteiger charge is 2.18.